The highest BCUT2D eigenvalue weighted by molar-refractivity contribution is 7.07. The molecule has 1 aromatic carbocycles. The number of nitrogens with two attached hydrogens (primary N) is 1. The lowest BCUT2D eigenvalue weighted by molar-refractivity contribution is 0.0987. The lowest BCUT2D eigenvalue weighted by Gasteiger charge is -2.32. The molecule has 0 fully saturated rings. The van der Waals surface area contributed by atoms with E-state index >= 15 is 0 Å². The van der Waals surface area contributed by atoms with Crippen LogP contribution in [0, 0.1) is 0 Å². The van der Waals surface area contributed by atoms with Crippen LogP contribution in [0.4, 0.5) is 5.69 Å². The van der Waals surface area contributed by atoms with Crippen LogP contribution in [0.1, 0.15) is 15.2 Å². The van der Waals surface area contributed by atoms with Crippen LogP contribution in [0.5, 0.6) is 0 Å². The van der Waals surface area contributed by atoms with Crippen molar-refractivity contribution >= 4 is 23.1 Å². The summed E-state index contributed by atoms with van der Waals surface area (Å²) in [7, 11) is 0. The number of hydrogen-bond acceptors (Lipinski definition) is 5. The largest absolute Gasteiger partial charge is 0.326 e. The third kappa shape index (κ3) is 1.89. The number of para-hydroxylation sites is 1. The molecule has 1 aliphatic heterocycles. The Bertz CT molecular complexity index is 569. The van der Waals surface area contributed by atoms with Gasteiger partial charge in [0.25, 0.3) is 5.91 Å². The average Bonchev–Trinajstić information content (AvgIpc) is 2.90. The van der Waals surface area contributed by atoms with Gasteiger partial charge < -0.3 is 10.6 Å². The Hall–Kier alpha value is -1.79. The van der Waals surface area contributed by atoms with Gasteiger partial charge in [-0.2, -0.15) is 0 Å². The van der Waals surface area contributed by atoms with E-state index in [0.717, 1.165) is 29.2 Å². The molecule has 0 spiro atoms. The van der Waals surface area contributed by atoms with E-state index in [9.17, 15) is 4.79 Å². The number of hydrogen-bond donors (Lipinski definition) is 1. The molecule has 92 valence electrons. The SMILES string of the molecule is NC1Cc2ccccc2N(C(=O)c2cnns2)C1. The first kappa shape index (κ1) is 11.3. The third-order valence-electron chi connectivity index (χ3n) is 3.00. The van der Waals surface area contributed by atoms with Gasteiger partial charge in [-0.05, 0) is 29.6 Å². The summed E-state index contributed by atoms with van der Waals surface area (Å²) in [6.07, 6.45) is 2.30. The highest BCUT2D eigenvalue weighted by atomic mass is 32.1. The molecule has 2 N–H and O–H groups in total. The van der Waals surface area contributed by atoms with E-state index in [1.54, 1.807) is 4.90 Å². The lowest BCUT2D eigenvalue weighted by atomic mass is 9.98. The van der Waals surface area contributed by atoms with Gasteiger partial charge in [0, 0.05) is 18.3 Å². The van der Waals surface area contributed by atoms with Crippen LogP contribution in [-0.4, -0.2) is 28.1 Å². The summed E-state index contributed by atoms with van der Waals surface area (Å²) in [5.74, 6) is -0.0763. The molecule has 1 unspecified atom stereocenters. The molecule has 18 heavy (non-hydrogen) atoms. The van der Waals surface area contributed by atoms with Crippen LogP contribution in [-0.2, 0) is 6.42 Å². The van der Waals surface area contributed by atoms with E-state index < -0.39 is 0 Å². The lowest BCUT2D eigenvalue weighted by Crippen LogP contribution is -2.46. The number of amides is 1. The van der Waals surface area contributed by atoms with E-state index in [-0.39, 0.29) is 11.9 Å². The van der Waals surface area contributed by atoms with Gasteiger partial charge in [-0.1, -0.05) is 22.7 Å². The standard InChI is InChI=1S/C12H12N4OS/c13-9-5-8-3-1-2-4-10(8)16(7-9)12(17)11-6-14-15-18-11/h1-4,6,9H,5,7,13H2. The third-order valence-corrected chi connectivity index (χ3v) is 3.65. The molecule has 1 aliphatic rings. The molecule has 0 aliphatic carbocycles. The maximum absolute atomic E-state index is 12.4. The van der Waals surface area contributed by atoms with Gasteiger partial charge in [-0.3, -0.25) is 4.79 Å². The molecule has 0 bridgehead atoms. The number of benzene rings is 1. The topological polar surface area (TPSA) is 72.1 Å². The summed E-state index contributed by atoms with van der Waals surface area (Å²) < 4.78 is 3.73. The molecule has 0 radical (unpaired) electrons. The molecule has 1 amide bonds. The van der Waals surface area contributed by atoms with Gasteiger partial charge in [0.05, 0.1) is 6.20 Å². The second-order valence-electron chi connectivity index (χ2n) is 4.29. The van der Waals surface area contributed by atoms with Crippen LogP contribution >= 0.6 is 11.5 Å². The molecular weight excluding hydrogens is 248 g/mol. The maximum atomic E-state index is 12.4. The Morgan fingerprint density at radius 3 is 3.06 bits per heavy atom. The quantitative estimate of drug-likeness (QED) is 0.832. The smallest absolute Gasteiger partial charge is 0.271 e. The van der Waals surface area contributed by atoms with E-state index in [0.29, 0.717) is 11.4 Å². The van der Waals surface area contributed by atoms with Crippen LogP contribution in [0.25, 0.3) is 0 Å². The van der Waals surface area contributed by atoms with Crippen molar-refractivity contribution in [1.29, 1.82) is 0 Å². The Balaban J connectivity index is 2.00. The first-order valence-electron chi connectivity index (χ1n) is 5.68. The van der Waals surface area contributed by atoms with Crippen molar-refractivity contribution in [2.24, 2.45) is 5.73 Å². The fourth-order valence-electron chi connectivity index (χ4n) is 2.21. The summed E-state index contributed by atoms with van der Waals surface area (Å²) in [6.45, 7) is 0.535. The molecule has 0 saturated carbocycles. The molecule has 5 nitrogen and oxygen atoms in total. The van der Waals surface area contributed by atoms with Crippen molar-refractivity contribution < 1.29 is 4.79 Å². The highest BCUT2D eigenvalue weighted by Crippen LogP contribution is 2.28. The number of anilines is 1. The second kappa shape index (κ2) is 4.47. The first-order valence-corrected chi connectivity index (χ1v) is 6.46. The summed E-state index contributed by atoms with van der Waals surface area (Å²) in [5, 5.41) is 3.70. The average molecular weight is 260 g/mol. The van der Waals surface area contributed by atoms with Crippen molar-refractivity contribution in [2.45, 2.75) is 12.5 Å². The van der Waals surface area contributed by atoms with E-state index in [1.165, 1.54) is 6.20 Å². The summed E-state index contributed by atoms with van der Waals surface area (Å²) in [4.78, 5) is 14.6. The predicted molar refractivity (Wildman–Crippen MR) is 69.7 cm³/mol. The number of aromatic nitrogens is 2. The Morgan fingerprint density at radius 1 is 1.44 bits per heavy atom. The zero-order valence-corrected chi connectivity index (χ0v) is 10.4. The fourth-order valence-corrected chi connectivity index (χ4v) is 2.68. The van der Waals surface area contributed by atoms with Gasteiger partial charge in [-0.25, -0.2) is 0 Å². The number of carbonyl (C=O) groups is 1. The number of fused-ring (bicyclic) bond motifs is 1. The zero-order valence-electron chi connectivity index (χ0n) is 9.61. The summed E-state index contributed by atoms with van der Waals surface area (Å²) in [6, 6.07) is 7.84. The van der Waals surface area contributed by atoms with Gasteiger partial charge in [0.15, 0.2) is 0 Å². The molecule has 3 rings (SSSR count). The molecule has 2 aromatic rings. The molecule has 2 heterocycles. The predicted octanol–water partition coefficient (Wildman–Crippen LogP) is 1.07. The fraction of sp³-hybridized carbons (Fsp3) is 0.250. The minimum atomic E-state index is -0.0763. The normalized spacial score (nSPS) is 18.5. The van der Waals surface area contributed by atoms with E-state index in [1.807, 2.05) is 24.3 Å². The Morgan fingerprint density at radius 2 is 2.28 bits per heavy atom. The van der Waals surface area contributed by atoms with Crippen molar-refractivity contribution in [1.82, 2.24) is 9.59 Å². The van der Waals surface area contributed by atoms with Crippen molar-refractivity contribution in [3.63, 3.8) is 0 Å². The number of nitrogens with zero attached hydrogens (tertiary/aromatic N) is 3. The van der Waals surface area contributed by atoms with E-state index in [2.05, 4.69) is 9.59 Å². The van der Waals surface area contributed by atoms with Crippen LogP contribution < -0.4 is 10.6 Å². The van der Waals surface area contributed by atoms with Crippen LogP contribution in [0.2, 0.25) is 0 Å². The zero-order chi connectivity index (χ0) is 12.5. The highest BCUT2D eigenvalue weighted by Gasteiger charge is 2.27. The van der Waals surface area contributed by atoms with E-state index in [4.69, 9.17) is 5.73 Å². The molecule has 1 atom stereocenters. The second-order valence-corrected chi connectivity index (χ2v) is 5.08. The molecule has 6 heteroatoms. The maximum Gasteiger partial charge on any atom is 0.271 e. The molecule has 0 saturated heterocycles. The first-order chi connectivity index (χ1) is 8.75. The Labute approximate surface area is 108 Å². The molecular formula is C12H12N4OS. The minimum Gasteiger partial charge on any atom is -0.326 e. The molecule has 1 aromatic heterocycles. The van der Waals surface area contributed by atoms with Crippen molar-refractivity contribution in [3.05, 3.63) is 40.9 Å². The monoisotopic (exact) mass is 260 g/mol. The van der Waals surface area contributed by atoms with Gasteiger partial charge in [-0.15, -0.1) is 5.10 Å². The van der Waals surface area contributed by atoms with Gasteiger partial charge in [0.2, 0.25) is 0 Å². The summed E-state index contributed by atoms with van der Waals surface area (Å²) >= 11 is 1.11. The van der Waals surface area contributed by atoms with Crippen LogP contribution in [0.3, 0.4) is 0 Å². The Kier molecular flexibility index (Phi) is 2.81. The van der Waals surface area contributed by atoms with Crippen molar-refractivity contribution in [2.75, 3.05) is 11.4 Å². The summed E-state index contributed by atoms with van der Waals surface area (Å²) in [5.41, 5.74) is 8.06. The van der Waals surface area contributed by atoms with Gasteiger partial charge in [0.1, 0.15) is 4.88 Å². The minimum absolute atomic E-state index is 0.0234. The number of carbonyl (C=O) groups excluding carboxylic acids is 1. The van der Waals surface area contributed by atoms with Crippen LogP contribution in [0.15, 0.2) is 30.5 Å². The van der Waals surface area contributed by atoms with Crippen molar-refractivity contribution in [3.8, 4) is 0 Å². The van der Waals surface area contributed by atoms with Gasteiger partial charge >= 0.3 is 0 Å². The number of rotatable bonds is 1.